The Morgan fingerprint density at radius 3 is 2.09 bits per heavy atom. The molecule has 0 radical (unpaired) electrons. The van der Waals surface area contributed by atoms with E-state index < -0.39 is 0 Å². The lowest BCUT2D eigenvalue weighted by molar-refractivity contribution is -0.283. The average molecular weight is 659 g/mol. The Bertz CT molecular complexity index is 1090. The van der Waals surface area contributed by atoms with Crippen LogP contribution in [0.4, 0.5) is 0 Å². The Hall–Kier alpha value is -0.840. The van der Waals surface area contributed by atoms with Crippen LogP contribution in [-0.4, -0.2) is 81.4 Å². The van der Waals surface area contributed by atoms with Crippen molar-refractivity contribution in [2.24, 2.45) is 28.6 Å². The lowest BCUT2D eigenvalue weighted by atomic mass is 9.49. The van der Waals surface area contributed by atoms with Crippen molar-refractivity contribution in [3.8, 4) is 0 Å². The molecule has 3 saturated heterocycles. The largest absolute Gasteiger partial charge is 0.393 e. The summed E-state index contributed by atoms with van der Waals surface area (Å²) in [5, 5.41) is 10.8. The molecule has 0 aromatic rings. The molecular weight excluding hydrogens is 596 g/mol. The van der Waals surface area contributed by atoms with E-state index in [2.05, 4.69) is 26.0 Å². The van der Waals surface area contributed by atoms with Crippen LogP contribution < -0.4 is 0 Å². The molecule has 3 unspecified atom stereocenters. The van der Waals surface area contributed by atoms with Gasteiger partial charge in [-0.25, -0.2) is 0 Å². The first kappa shape index (κ1) is 34.6. The van der Waals surface area contributed by atoms with Gasteiger partial charge in [0.1, 0.15) is 6.10 Å². The molecule has 3 heterocycles. The molecule has 8 nitrogen and oxygen atoms in total. The predicted octanol–water partition coefficient (Wildman–Crippen LogP) is 7.23. The summed E-state index contributed by atoms with van der Waals surface area (Å²) >= 11 is 0. The summed E-state index contributed by atoms with van der Waals surface area (Å²) in [7, 11) is 0. The van der Waals surface area contributed by atoms with Gasteiger partial charge < -0.3 is 38.3 Å². The lowest BCUT2D eigenvalue weighted by Gasteiger charge is -2.59. The standard InChI is InChI=1S/C39H62O8/c1-26(40)29-16-17-30-28-15-14-27-25-32(46-34-12-5-8-21-43-34)36(45-24-10-23-42-33-11-4-7-20-41-33)37(47-35-13-6-9-22-44-35)39(27,3)31(28)18-19-38(29,30)2/h14-15,26,29-37,40H,4-13,16-25H2,1-3H3/t26-,29-,30+,31+,32-,33?,34?,35?,36-,37+,38-,39+/m1/s1. The minimum absolute atomic E-state index is 0.0856. The van der Waals surface area contributed by atoms with E-state index in [1.165, 1.54) is 12.0 Å². The van der Waals surface area contributed by atoms with Crippen LogP contribution in [0.2, 0.25) is 0 Å². The van der Waals surface area contributed by atoms with Gasteiger partial charge in [-0.3, -0.25) is 0 Å². The smallest absolute Gasteiger partial charge is 0.158 e. The molecule has 266 valence electrons. The molecule has 0 spiro atoms. The zero-order valence-electron chi connectivity index (χ0n) is 29.4. The Morgan fingerprint density at radius 1 is 0.766 bits per heavy atom. The number of fused-ring (bicyclic) bond motifs is 5. The van der Waals surface area contributed by atoms with Crippen LogP contribution in [0.5, 0.6) is 0 Å². The summed E-state index contributed by atoms with van der Waals surface area (Å²) in [4.78, 5) is 0. The third-order valence-corrected chi connectivity index (χ3v) is 13.3. The van der Waals surface area contributed by atoms with Crippen molar-refractivity contribution in [1.29, 1.82) is 0 Å². The summed E-state index contributed by atoms with van der Waals surface area (Å²) in [6, 6.07) is 0. The fraction of sp³-hybridized carbons (Fsp3) is 0.897. The molecule has 0 aromatic carbocycles. The second-order valence-corrected chi connectivity index (χ2v) is 16.1. The van der Waals surface area contributed by atoms with E-state index >= 15 is 0 Å². The van der Waals surface area contributed by atoms with E-state index in [0.29, 0.717) is 31.0 Å². The zero-order valence-corrected chi connectivity index (χ0v) is 29.4. The van der Waals surface area contributed by atoms with E-state index in [1.807, 2.05) is 6.92 Å². The van der Waals surface area contributed by atoms with Gasteiger partial charge >= 0.3 is 0 Å². The van der Waals surface area contributed by atoms with Crippen LogP contribution >= 0.6 is 0 Å². The number of rotatable bonds is 11. The van der Waals surface area contributed by atoms with Gasteiger partial charge in [-0.2, -0.15) is 0 Å². The third kappa shape index (κ3) is 7.06. The molecule has 0 aromatic heterocycles. The fourth-order valence-corrected chi connectivity index (χ4v) is 10.7. The maximum Gasteiger partial charge on any atom is 0.158 e. The van der Waals surface area contributed by atoms with E-state index in [0.717, 1.165) is 110 Å². The number of aliphatic hydroxyl groups excluding tert-OH is 1. The minimum Gasteiger partial charge on any atom is -0.393 e. The second kappa shape index (κ2) is 15.2. The number of hydrogen-bond donors (Lipinski definition) is 1. The third-order valence-electron chi connectivity index (χ3n) is 13.3. The highest BCUT2D eigenvalue weighted by Gasteiger charge is 2.62. The zero-order chi connectivity index (χ0) is 32.4. The van der Waals surface area contributed by atoms with Crippen LogP contribution in [0.15, 0.2) is 23.3 Å². The molecule has 0 amide bonds. The number of hydrogen-bond acceptors (Lipinski definition) is 8. The second-order valence-electron chi connectivity index (χ2n) is 16.1. The molecule has 0 bridgehead atoms. The van der Waals surface area contributed by atoms with Crippen molar-refractivity contribution in [3.63, 3.8) is 0 Å². The van der Waals surface area contributed by atoms with Crippen molar-refractivity contribution < 1.29 is 38.3 Å². The summed E-state index contributed by atoms with van der Waals surface area (Å²) < 4.78 is 45.3. The van der Waals surface area contributed by atoms with E-state index in [1.54, 1.807) is 5.57 Å². The fourth-order valence-electron chi connectivity index (χ4n) is 10.7. The summed E-state index contributed by atoms with van der Waals surface area (Å²) in [5.41, 5.74) is 2.89. The number of ether oxygens (including phenoxy) is 7. The topological polar surface area (TPSA) is 84.8 Å². The monoisotopic (exact) mass is 658 g/mol. The Balaban J connectivity index is 1.16. The van der Waals surface area contributed by atoms with Crippen molar-refractivity contribution in [2.45, 2.75) is 160 Å². The minimum atomic E-state index is -0.270. The van der Waals surface area contributed by atoms with Gasteiger partial charge in [0.2, 0.25) is 0 Å². The predicted molar refractivity (Wildman–Crippen MR) is 178 cm³/mol. The summed E-state index contributed by atoms with van der Waals surface area (Å²) in [5.74, 6) is 1.21. The van der Waals surface area contributed by atoms with Gasteiger partial charge in [0, 0.05) is 31.8 Å². The van der Waals surface area contributed by atoms with E-state index in [-0.39, 0.29) is 54.1 Å². The number of allylic oxidation sites excluding steroid dienone is 3. The van der Waals surface area contributed by atoms with Gasteiger partial charge in [0.05, 0.1) is 24.9 Å². The average Bonchev–Trinajstić information content (AvgIpc) is 3.45. The first-order chi connectivity index (χ1) is 22.9. The van der Waals surface area contributed by atoms with E-state index in [4.69, 9.17) is 33.2 Å². The lowest BCUT2D eigenvalue weighted by Crippen LogP contribution is -2.62. The van der Waals surface area contributed by atoms with Crippen molar-refractivity contribution in [3.05, 3.63) is 23.3 Å². The molecule has 7 rings (SSSR count). The van der Waals surface area contributed by atoms with Gasteiger partial charge in [-0.15, -0.1) is 0 Å². The maximum absolute atomic E-state index is 10.8. The maximum atomic E-state index is 10.8. The molecule has 3 saturated carbocycles. The molecule has 8 heteroatoms. The van der Waals surface area contributed by atoms with Crippen LogP contribution in [0, 0.1) is 28.6 Å². The summed E-state index contributed by atoms with van der Waals surface area (Å²) in [6.45, 7) is 10.4. The molecule has 6 fully saturated rings. The Kier molecular flexibility index (Phi) is 11.2. The van der Waals surface area contributed by atoms with Gasteiger partial charge in [-0.1, -0.05) is 37.1 Å². The molecule has 12 atom stereocenters. The normalized spacial score (nSPS) is 44.5. The van der Waals surface area contributed by atoms with Gasteiger partial charge in [0.25, 0.3) is 0 Å². The molecule has 47 heavy (non-hydrogen) atoms. The molecule has 1 N–H and O–H groups in total. The Labute approximate surface area is 283 Å². The SMILES string of the molecule is C[C@@H](O)[C@H]1CC[C@H]2C3=CC=C4C[C@@H](OC5CCCCO5)[C@@H](OCCCOC5CCCCO5)[C@H](OC5CCCCO5)[C@]4(C)[C@H]3CC[C@]12C. The molecular formula is C39H62O8. The molecule has 3 aliphatic heterocycles. The first-order valence-corrected chi connectivity index (χ1v) is 19.4. The van der Waals surface area contributed by atoms with Crippen LogP contribution in [-0.2, 0) is 33.2 Å². The highest BCUT2D eigenvalue weighted by Crippen LogP contribution is 2.66. The van der Waals surface area contributed by atoms with Gasteiger partial charge in [-0.05, 0) is 126 Å². The van der Waals surface area contributed by atoms with Crippen molar-refractivity contribution >= 4 is 0 Å². The molecule has 7 aliphatic rings. The highest BCUT2D eigenvalue weighted by atomic mass is 16.7. The quantitative estimate of drug-likeness (QED) is 0.233. The van der Waals surface area contributed by atoms with E-state index in [9.17, 15) is 5.11 Å². The van der Waals surface area contributed by atoms with Crippen LogP contribution in [0.3, 0.4) is 0 Å². The number of aliphatic hydroxyl groups is 1. The van der Waals surface area contributed by atoms with Crippen molar-refractivity contribution in [1.82, 2.24) is 0 Å². The molecule has 4 aliphatic carbocycles. The highest BCUT2D eigenvalue weighted by molar-refractivity contribution is 5.41. The Morgan fingerprint density at radius 2 is 1.43 bits per heavy atom. The van der Waals surface area contributed by atoms with Crippen molar-refractivity contribution in [2.75, 3.05) is 33.0 Å². The summed E-state index contributed by atoms with van der Waals surface area (Å²) in [6.07, 6.45) is 19.1. The van der Waals surface area contributed by atoms with Crippen LogP contribution in [0.25, 0.3) is 0 Å². The van der Waals surface area contributed by atoms with Crippen LogP contribution in [0.1, 0.15) is 117 Å². The van der Waals surface area contributed by atoms with Gasteiger partial charge in [0.15, 0.2) is 18.9 Å². The first-order valence-electron chi connectivity index (χ1n) is 19.4.